The Morgan fingerprint density at radius 3 is 2.35 bits per heavy atom. The van der Waals surface area contributed by atoms with Crippen LogP contribution in [0.25, 0.3) is 28.1 Å². The summed E-state index contributed by atoms with van der Waals surface area (Å²) in [5.74, 6) is 0.613. The van der Waals surface area contributed by atoms with Crippen LogP contribution in [0.2, 0.25) is 0 Å². The second kappa shape index (κ2) is 10.2. The molecule has 2 fully saturated rings. The molecule has 12 heteroatoms. The Morgan fingerprint density at radius 1 is 0.950 bits per heavy atom. The van der Waals surface area contributed by atoms with Crippen LogP contribution in [0.4, 0.5) is 24.8 Å². The molecule has 0 N–H and O–H groups in total. The van der Waals surface area contributed by atoms with Gasteiger partial charge in [0.15, 0.2) is 11.3 Å². The van der Waals surface area contributed by atoms with Crippen LogP contribution in [-0.4, -0.2) is 88.0 Å². The number of piperidine rings is 1. The van der Waals surface area contributed by atoms with E-state index in [1.54, 1.807) is 30.5 Å². The molecule has 0 saturated carbocycles. The fourth-order valence-corrected chi connectivity index (χ4v) is 5.94. The third-order valence-corrected chi connectivity index (χ3v) is 7.89. The highest BCUT2D eigenvalue weighted by Gasteiger charge is 2.36. The fraction of sp³-hybridized carbons (Fsp3) is 0.500. The smallest absolute Gasteiger partial charge is 0.372 e. The first kappa shape index (κ1) is 26.7. The molecule has 0 amide bonds. The van der Waals surface area contributed by atoms with Crippen molar-refractivity contribution in [2.24, 2.45) is 0 Å². The lowest BCUT2D eigenvalue weighted by Gasteiger charge is -2.37. The first-order chi connectivity index (χ1) is 19.1. The van der Waals surface area contributed by atoms with Crippen molar-refractivity contribution >= 4 is 28.4 Å². The minimum atomic E-state index is -4.50. The molecule has 2 aliphatic rings. The second-order valence-electron chi connectivity index (χ2n) is 11.1. The van der Waals surface area contributed by atoms with Crippen molar-refractivity contribution in [3.8, 4) is 11.3 Å². The van der Waals surface area contributed by atoms with E-state index in [9.17, 15) is 13.2 Å². The van der Waals surface area contributed by atoms with Crippen LogP contribution in [0.15, 0.2) is 36.5 Å². The molecule has 2 atom stereocenters. The molecule has 6 rings (SSSR count). The van der Waals surface area contributed by atoms with Crippen LogP contribution in [0, 0.1) is 0 Å². The van der Waals surface area contributed by atoms with Crippen LogP contribution in [0.1, 0.15) is 32.3 Å². The summed E-state index contributed by atoms with van der Waals surface area (Å²) in [5, 5.41) is 8.71. The molecule has 5 heterocycles. The number of pyridine rings is 1. The molecule has 0 aliphatic carbocycles. The summed E-state index contributed by atoms with van der Waals surface area (Å²) in [6, 6.07) is 8.39. The van der Waals surface area contributed by atoms with E-state index in [1.165, 1.54) is 6.07 Å². The number of hydrogen-bond donors (Lipinski definition) is 0. The third kappa shape index (κ3) is 4.94. The van der Waals surface area contributed by atoms with Gasteiger partial charge in [-0.15, -0.1) is 10.2 Å². The second-order valence-corrected chi connectivity index (χ2v) is 11.1. The van der Waals surface area contributed by atoms with Gasteiger partial charge >= 0.3 is 6.18 Å². The summed E-state index contributed by atoms with van der Waals surface area (Å²) in [6.45, 7) is 6.45. The standard InChI is InChI=1S/C28H33F3N8O/c1-17-15-38(16-18(2)40-17)27-35-34-25-14-32-23-7-6-22(33-26(23)39(25)27)19-5-8-24(21(13-19)28(29,30)31)37-11-9-20(10-12-37)36(3)4/h5-8,13-14,17-18,20H,9-12,15-16H2,1-4H3/t17-,18+. The molecule has 40 heavy (non-hydrogen) atoms. The molecule has 2 aliphatic heterocycles. The van der Waals surface area contributed by atoms with Gasteiger partial charge in [0.05, 0.1) is 29.7 Å². The van der Waals surface area contributed by atoms with Gasteiger partial charge in [0.25, 0.3) is 0 Å². The molecular weight excluding hydrogens is 521 g/mol. The number of ether oxygens (including phenoxy) is 1. The molecule has 0 bridgehead atoms. The van der Waals surface area contributed by atoms with Crippen molar-refractivity contribution in [3.63, 3.8) is 0 Å². The maximum Gasteiger partial charge on any atom is 0.418 e. The highest BCUT2D eigenvalue weighted by Crippen LogP contribution is 2.40. The fourth-order valence-electron chi connectivity index (χ4n) is 5.94. The van der Waals surface area contributed by atoms with Crippen LogP contribution in [0.5, 0.6) is 0 Å². The van der Waals surface area contributed by atoms with Gasteiger partial charge in [0.1, 0.15) is 5.52 Å². The van der Waals surface area contributed by atoms with Gasteiger partial charge in [-0.25, -0.2) is 14.4 Å². The Bertz CT molecular complexity index is 1520. The van der Waals surface area contributed by atoms with Gasteiger partial charge in [-0.05, 0) is 65.0 Å². The lowest BCUT2D eigenvalue weighted by atomic mass is 10.00. The summed E-state index contributed by atoms with van der Waals surface area (Å²) >= 11 is 0. The van der Waals surface area contributed by atoms with Gasteiger partial charge < -0.3 is 19.4 Å². The number of fused-ring (bicyclic) bond motifs is 3. The summed E-state index contributed by atoms with van der Waals surface area (Å²) in [6.07, 6.45) is -1.20. The zero-order chi connectivity index (χ0) is 28.2. The summed E-state index contributed by atoms with van der Waals surface area (Å²) in [5.41, 5.74) is 2.00. The van der Waals surface area contributed by atoms with Gasteiger partial charge in [-0.3, -0.25) is 0 Å². The topological polar surface area (TPSA) is 74.9 Å². The van der Waals surface area contributed by atoms with E-state index >= 15 is 0 Å². The molecular formula is C28H33F3N8O. The van der Waals surface area contributed by atoms with Crippen molar-refractivity contribution in [1.29, 1.82) is 0 Å². The zero-order valence-corrected chi connectivity index (χ0v) is 23.1. The Morgan fingerprint density at radius 2 is 1.68 bits per heavy atom. The van der Waals surface area contributed by atoms with E-state index in [0.717, 1.165) is 12.8 Å². The van der Waals surface area contributed by atoms with E-state index in [2.05, 4.69) is 25.0 Å². The summed E-state index contributed by atoms with van der Waals surface area (Å²) in [4.78, 5) is 15.4. The minimum absolute atomic E-state index is 0.0145. The largest absolute Gasteiger partial charge is 0.418 e. The Hall–Kier alpha value is -3.51. The average molecular weight is 555 g/mol. The summed E-state index contributed by atoms with van der Waals surface area (Å²) < 4.78 is 50.7. The molecule has 1 aromatic carbocycles. The van der Waals surface area contributed by atoms with Crippen molar-refractivity contribution in [2.45, 2.75) is 51.1 Å². The van der Waals surface area contributed by atoms with E-state index in [1.807, 2.05) is 37.2 Å². The molecule has 0 unspecified atom stereocenters. The van der Waals surface area contributed by atoms with E-state index < -0.39 is 11.7 Å². The predicted octanol–water partition coefficient (Wildman–Crippen LogP) is 4.50. The molecule has 212 valence electrons. The van der Waals surface area contributed by atoms with Gasteiger partial charge in [0.2, 0.25) is 5.95 Å². The van der Waals surface area contributed by atoms with Crippen LogP contribution < -0.4 is 9.80 Å². The van der Waals surface area contributed by atoms with Gasteiger partial charge in [-0.1, -0.05) is 6.07 Å². The van der Waals surface area contributed by atoms with E-state index in [-0.39, 0.29) is 17.9 Å². The average Bonchev–Trinajstić information content (AvgIpc) is 3.36. The van der Waals surface area contributed by atoms with Crippen LogP contribution >= 0.6 is 0 Å². The number of rotatable bonds is 4. The van der Waals surface area contributed by atoms with Crippen molar-refractivity contribution in [3.05, 3.63) is 42.1 Å². The zero-order valence-electron chi connectivity index (χ0n) is 23.1. The number of alkyl halides is 3. The maximum absolute atomic E-state index is 14.3. The van der Waals surface area contributed by atoms with E-state index in [4.69, 9.17) is 9.72 Å². The number of aromatic nitrogens is 5. The number of benzene rings is 1. The summed E-state index contributed by atoms with van der Waals surface area (Å²) in [7, 11) is 4.03. The van der Waals surface area contributed by atoms with Crippen LogP contribution in [0.3, 0.4) is 0 Å². The SMILES string of the molecule is C[C@@H]1CN(c2nnc3cnc4ccc(-c5ccc(N6CCC(N(C)C)CC6)c(C(F)(F)F)c5)nc4n23)C[C@H](C)O1. The number of hydrogen-bond acceptors (Lipinski definition) is 8. The van der Waals surface area contributed by atoms with E-state index in [0.29, 0.717) is 66.2 Å². The number of anilines is 2. The maximum atomic E-state index is 14.3. The first-order valence-corrected chi connectivity index (χ1v) is 13.6. The number of halogens is 3. The lowest BCUT2D eigenvalue weighted by molar-refractivity contribution is -0.137. The molecule has 9 nitrogen and oxygen atoms in total. The van der Waals surface area contributed by atoms with Crippen molar-refractivity contribution in [1.82, 2.24) is 29.5 Å². The Kier molecular flexibility index (Phi) is 6.78. The van der Waals surface area contributed by atoms with Gasteiger partial charge in [-0.2, -0.15) is 13.2 Å². The molecule has 0 radical (unpaired) electrons. The van der Waals surface area contributed by atoms with Crippen molar-refractivity contribution < 1.29 is 17.9 Å². The van der Waals surface area contributed by atoms with Crippen LogP contribution in [-0.2, 0) is 10.9 Å². The molecule has 2 saturated heterocycles. The minimum Gasteiger partial charge on any atom is -0.372 e. The number of morpholine rings is 1. The molecule has 4 aromatic rings. The lowest BCUT2D eigenvalue weighted by Crippen LogP contribution is -2.46. The van der Waals surface area contributed by atoms with Crippen molar-refractivity contribution in [2.75, 3.05) is 50.1 Å². The molecule has 3 aromatic heterocycles. The highest BCUT2D eigenvalue weighted by atomic mass is 19.4. The predicted molar refractivity (Wildman–Crippen MR) is 148 cm³/mol. The monoisotopic (exact) mass is 554 g/mol. The highest BCUT2D eigenvalue weighted by molar-refractivity contribution is 5.79. The Labute approximate surface area is 230 Å². The Balaban J connectivity index is 1.40. The van der Waals surface area contributed by atoms with Gasteiger partial charge in [0, 0.05) is 43.5 Å². The first-order valence-electron chi connectivity index (χ1n) is 13.6. The molecule has 0 spiro atoms. The quantitative estimate of drug-likeness (QED) is 0.365. The third-order valence-electron chi connectivity index (χ3n) is 7.89. The number of nitrogens with zero attached hydrogens (tertiary/aromatic N) is 8. The normalized spacial score (nSPS) is 21.2.